The highest BCUT2D eigenvalue weighted by molar-refractivity contribution is 6.08. The highest BCUT2D eigenvalue weighted by atomic mass is 16.4. The molecule has 0 atom stereocenters. The second-order valence-electron chi connectivity index (χ2n) is 4.39. The number of amides is 1. The maximum absolute atomic E-state index is 12.1. The number of anilines is 2. The third-order valence-corrected chi connectivity index (χ3v) is 2.81. The maximum Gasteiger partial charge on any atom is 0.337 e. The number of nitrogen functional groups attached to an aromatic ring is 1. The summed E-state index contributed by atoms with van der Waals surface area (Å²) in [6.07, 6.45) is 0. The van der Waals surface area contributed by atoms with Gasteiger partial charge in [0.1, 0.15) is 11.5 Å². The van der Waals surface area contributed by atoms with Gasteiger partial charge in [0.25, 0.3) is 5.91 Å². The van der Waals surface area contributed by atoms with E-state index in [1.807, 2.05) is 0 Å². The van der Waals surface area contributed by atoms with E-state index in [0.717, 1.165) is 0 Å². The highest BCUT2D eigenvalue weighted by Crippen LogP contribution is 2.21. The van der Waals surface area contributed by atoms with Gasteiger partial charge < -0.3 is 20.6 Å². The van der Waals surface area contributed by atoms with Crippen LogP contribution in [0.25, 0.3) is 0 Å². The molecular formula is C14H14N2O4. The van der Waals surface area contributed by atoms with E-state index in [1.54, 1.807) is 19.9 Å². The summed E-state index contributed by atoms with van der Waals surface area (Å²) >= 11 is 0. The van der Waals surface area contributed by atoms with Gasteiger partial charge in [-0.1, -0.05) is 0 Å². The summed E-state index contributed by atoms with van der Waals surface area (Å²) < 4.78 is 5.27. The van der Waals surface area contributed by atoms with Crippen molar-refractivity contribution in [1.29, 1.82) is 0 Å². The molecule has 6 nitrogen and oxygen atoms in total. The van der Waals surface area contributed by atoms with Crippen molar-refractivity contribution >= 4 is 23.3 Å². The van der Waals surface area contributed by atoms with Crippen LogP contribution < -0.4 is 11.1 Å². The molecule has 0 aliphatic heterocycles. The van der Waals surface area contributed by atoms with Crippen molar-refractivity contribution in [3.05, 3.63) is 46.9 Å². The second-order valence-corrected chi connectivity index (χ2v) is 4.39. The van der Waals surface area contributed by atoms with E-state index < -0.39 is 11.9 Å². The van der Waals surface area contributed by atoms with Gasteiger partial charge in [-0.15, -0.1) is 0 Å². The Morgan fingerprint density at radius 3 is 2.45 bits per heavy atom. The zero-order chi connectivity index (χ0) is 14.9. The van der Waals surface area contributed by atoms with Gasteiger partial charge in [-0.25, -0.2) is 4.79 Å². The molecular weight excluding hydrogens is 260 g/mol. The Bertz CT molecular complexity index is 688. The minimum atomic E-state index is -1.14. The Morgan fingerprint density at radius 2 is 1.90 bits per heavy atom. The fourth-order valence-corrected chi connectivity index (χ4v) is 1.90. The van der Waals surface area contributed by atoms with Crippen LogP contribution in [0, 0.1) is 13.8 Å². The van der Waals surface area contributed by atoms with Gasteiger partial charge in [-0.05, 0) is 38.1 Å². The van der Waals surface area contributed by atoms with E-state index in [-0.39, 0.29) is 11.3 Å². The molecule has 0 saturated carbocycles. The van der Waals surface area contributed by atoms with Crippen LogP contribution in [0.5, 0.6) is 0 Å². The molecule has 0 aliphatic rings. The minimum absolute atomic E-state index is 0.0228. The molecule has 1 heterocycles. The quantitative estimate of drug-likeness (QED) is 0.745. The lowest BCUT2D eigenvalue weighted by molar-refractivity contribution is 0.0698. The van der Waals surface area contributed by atoms with Crippen molar-refractivity contribution in [2.24, 2.45) is 0 Å². The molecule has 1 amide bonds. The number of aryl methyl sites for hydroxylation is 2. The van der Waals surface area contributed by atoms with Crippen LogP contribution in [0.2, 0.25) is 0 Å². The molecule has 0 spiro atoms. The van der Waals surface area contributed by atoms with Crippen molar-refractivity contribution < 1.29 is 19.1 Å². The van der Waals surface area contributed by atoms with Gasteiger partial charge in [0.15, 0.2) is 0 Å². The second kappa shape index (κ2) is 5.08. The third kappa shape index (κ3) is 2.64. The van der Waals surface area contributed by atoms with Crippen LogP contribution in [-0.2, 0) is 0 Å². The molecule has 0 unspecified atom stereocenters. The number of carbonyl (C=O) groups excluding carboxylic acids is 1. The third-order valence-electron chi connectivity index (χ3n) is 2.81. The van der Waals surface area contributed by atoms with E-state index in [2.05, 4.69) is 5.32 Å². The number of benzene rings is 1. The van der Waals surface area contributed by atoms with Gasteiger partial charge in [0.2, 0.25) is 0 Å². The number of carboxylic acids is 1. The summed E-state index contributed by atoms with van der Waals surface area (Å²) in [7, 11) is 0. The lowest BCUT2D eigenvalue weighted by Crippen LogP contribution is -2.15. The minimum Gasteiger partial charge on any atom is -0.478 e. The molecule has 0 fully saturated rings. The molecule has 0 saturated heterocycles. The number of nitrogens with two attached hydrogens (primary N) is 1. The molecule has 2 aromatic rings. The van der Waals surface area contributed by atoms with Crippen LogP contribution in [-0.4, -0.2) is 17.0 Å². The van der Waals surface area contributed by atoms with E-state index in [0.29, 0.717) is 22.8 Å². The molecule has 1 aromatic heterocycles. The highest BCUT2D eigenvalue weighted by Gasteiger charge is 2.17. The largest absolute Gasteiger partial charge is 0.478 e. The molecule has 6 heteroatoms. The van der Waals surface area contributed by atoms with E-state index in [9.17, 15) is 9.59 Å². The Kier molecular flexibility index (Phi) is 3.47. The summed E-state index contributed by atoms with van der Waals surface area (Å²) in [6, 6.07) is 5.81. The molecule has 20 heavy (non-hydrogen) atoms. The number of carboxylic acid groups (broad SMARTS) is 1. The van der Waals surface area contributed by atoms with E-state index in [4.69, 9.17) is 15.3 Å². The van der Waals surface area contributed by atoms with Crippen molar-refractivity contribution in [3.8, 4) is 0 Å². The summed E-state index contributed by atoms with van der Waals surface area (Å²) in [5.41, 5.74) is 6.47. The van der Waals surface area contributed by atoms with Gasteiger partial charge >= 0.3 is 5.97 Å². The SMILES string of the molecule is Cc1cc(C(=O)Nc2cc(N)ccc2C(=O)O)c(C)o1. The first kappa shape index (κ1) is 13.7. The average molecular weight is 274 g/mol. The normalized spacial score (nSPS) is 10.3. The number of furan rings is 1. The van der Waals surface area contributed by atoms with Crippen LogP contribution in [0.15, 0.2) is 28.7 Å². The van der Waals surface area contributed by atoms with Gasteiger partial charge in [-0.2, -0.15) is 0 Å². The van der Waals surface area contributed by atoms with Crippen LogP contribution >= 0.6 is 0 Å². The van der Waals surface area contributed by atoms with Crippen LogP contribution in [0.3, 0.4) is 0 Å². The van der Waals surface area contributed by atoms with Crippen molar-refractivity contribution in [2.45, 2.75) is 13.8 Å². The molecule has 104 valence electrons. The first-order chi connectivity index (χ1) is 9.38. The average Bonchev–Trinajstić information content (AvgIpc) is 2.68. The standard InChI is InChI=1S/C14H14N2O4/c1-7-5-11(8(2)20-7)13(17)16-12-6-9(15)3-4-10(12)14(18)19/h3-6H,15H2,1-2H3,(H,16,17)(H,18,19). The van der Waals surface area contributed by atoms with Gasteiger partial charge in [0.05, 0.1) is 16.8 Å². The number of nitrogens with one attached hydrogen (secondary N) is 1. The molecule has 1 aromatic carbocycles. The van der Waals surface area contributed by atoms with Crippen LogP contribution in [0.4, 0.5) is 11.4 Å². The zero-order valence-electron chi connectivity index (χ0n) is 11.1. The fourth-order valence-electron chi connectivity index (χ4n) is 1.90. The molecule has 0 bridgehead atoms. The monoisotopic (exact) mass is 274 g/mol. The predicted octanol–water partition coefficient (Wildman–Crippen LogP) is 2.43. The summed E-state index contributed by atoms with van der Waals surface area (Å²) in [5.74, 6) is -0.493. The summed E-state index contributed by atoms with van der Waals surface area (Å²) in [5, 5.41) is 11.6. The van der Waals surface area contributed by atoms with Crippen molar-refractivity contribution in [2.75, 3.05) is 11.1 Å². The molecule has 4 N–H and O–H groups in total. The fraction of sp³-hybridized carbons (Fsp3) is 0.143. The Morgan fingerprint density at radius 1 is 1.20 bits per heavy atom. The van der Waals surface area contributed by atoms with E-state index in [1.165, 1.54) is 18.2 Å². The Labute approximate surface area is 115 Å². The number of hydrogen-bond acceptors (Lipinski definition) is 4. The topological polar surface area (TPSA) is 106 Å². The lowest BCUT2D eigenvalue weighted by Gasteiger charge is -2.08. The molecule has 0 aliphatic carbocycles. The smallest absolute Gasteiger partial charge is 0.337 e. The first-order valence-corrected chi connectivity index (χ1v) is 5.89. The van der Waals surface area contributed by atoms with Gasteiger partial charge in [0, 0.05) is 5.69 Å². The van der Waals surface area contributed by atoms with E-state index >= 15 is 0 Å². The Hall–Kier alpha value is -2.76. The summed E-state index contributed by atoms with van der Waals surface area (Å²) in [4.78, 5) is 23.2. The first-order valence-electron chi connectivity index (χ1n) is 5.89. The number of rotatable bonds is 3. The summed E-state index contributed by atoms with van der Waals surface area (Å²) in [6.45, 7) is 3.40. The van der Waals surface area contributed by atoms with Gasteiger partial charge in [-0.3, -0.25) is 4.79 Å². The predicted molar refractivity (Wildman–Crippen MR) is 73.9 cm³/mol. The lowest BCUT2D eigenvalue weighted by atomic mass is 10.1. The number of hydrogen-bond donors (Lipinski definition) is 3. The molecule has 2 rings (SSSR count). The zero-order valence-corrected chi connectivity index (χ0v) is 11.1. The number of aromatic carboxylic acids is 1. The number of carbonyl (C=O) groups is 2. The van der Waals surface area contributed by atoms with Crippen molar-refractivity contribution in [1.82, 2.24) is 0 Å². The van der Waals surface area contributed by atoms with Crippen LogP contribution in [0.1, 0.15) is 32.2 Å². The maximum atomic E-state index is 12.1. The Balaban J connectivity index is 2.34. The van der Waals surface area contributed by atoms with Crippen molar-refractivity contribution in [3.63, 3.8) is 0 Å². The molecule has 0 radical (unpaired) electrons.